The van der Waals surface area contributed by atoms with E-state index in [1.165, 1.54) is 0 Å². The second kappa shape index (κ2) is 24.3. The lowest BCUT2D eigenvalue weighted by Gasteiger charge is -2.28. The first-order valence-corrected chi connectivity index (χ1v) is 16.5. The van der Waals surface area contributed by atoms with Crippen molar-refractivity contribution < 1.29 is 41.8 Å². The number of nitrogens with one attached hydrogen (secondary N) is 2. The van der Waals surface area contributed by atoms with E-state index in [1.54, 1.807) is 0 Å². The molecule has 1 unspecified atom stereocenters. The molecule has 0 aliphatic heterocycles. The van der Waals surface area contributed by atoms with Crippen LogP contribution in [-0.2, 0) is 37.0 Å². The minimum absolute atomic E-state index is 0.0131. The van der Waals surface area contributed by atoms with E-state index in [1.807, 2.05) is 20.8 Å². The van der Waals surface area contributed by atoms with Crippen molar-refractivity contribution in [1.82, 2.24) is 10.6 Å². The minimum atomic E-state index is -2.66. The van der Waals surface area contributed by atoms with Gasteiger partial charge in [0.15, 0.2) is 0 Å². The van der Waals surface area contributed by atoms with E-state index >= 15 is 0 Å². The Hall–Kier alpha value is -1.54. The number of alkyl carbamates (subject to hydrolysis) is 1. The lowest BCUT2D eigenvalue weighted by molar-refractivity contribution is -0.122. The zero-order valence-electron chi connectivity index (χ0n) is 24.3. The molecule has 39 heavy (non-hydrogen) atoms. The summed E-state index contributed by atoms with van der Waals surface area (Å²) in [4.78, 5) is 23.9. The number of carbonyl (C=O) groups excluding carboxylic acids is 2. The van der Waals surface area contributed by atoms with Crippen LogP contribution in [0.3, 0.4) is 0 Å². The molecule has 0 saturated heterocycles. The third-order valence-corrected chi connectivity index (χ3v) is 8.95. The van der Waals surface area contributed by atoms with E-state index < -0.39 is 8.80 Å². The molecule has 0 heterocycles. The molecule has 0 bridgehead atoms. The average molecular weight is 577 g/mol. The predicted molar refractivity (Wildman–Crippen MR) is 151 cm³/mol. The quantitative estimate of drug-likeness (QED) is 0.107. The van der Waals surface area contributed by atoms with Gasteiger partial charge in [0, 0.05) is 45.4 Å². The number of hydrogen-bond acceptors (Lipinski definition) is 9. The zero-order valence-corrected chi connectivity index (χ0v) is 25.3. The fraction of sp³-hybridized carbons (Fsp3) is 0.852. The maximum absolute atomic E-state index is 12.0. The molecule has 0 aromatic carbocycles. The first kappa shape index (κ1) is 35.5. The fourth-order valence-corrected chi connectivity index (χ4v) is 6.60. The smallest absolute Gasteiger partial charge is 0.446 e. The summed E-state index contributed by atoms with van der Waals surface area (Å²) in [6.07, 6.45) is 9.79. The Kier molecular flexibility index (Phi) is 22.1. The molecule has 2 N–H and O–H groups in total. The molecule has 0 spiro atoms. The van der Waals surface area contributed by atoms with Crippen LogP contribution >= 0.6 is 0 Å². The third kappa shape index (κ3) is 19.2. The monoisotopic (exact) mass is 576 g/mol. The van der Waals surface area contributed by atoms with Gasteiger partial charge in [-0.15, -0.1) is 0 Å². The van der Waals surface area contributed by atoms with Gasteiger partial charge >= 0.3 is 14.9 Å². The second-order valence-corrected chi connectivity index (χ2v) is 11.7. The van der Waals surface area contributed by atoms with E-state index in [9.17, 15) is 9.59 Å². The molecule has 12 heteroatoms. The van der Waals surface area contributed by atoms with Crippen molar-refractivity contribution in [2.45, 2.75) is 77.9 Å². The van der Waals surface area contributed by atoms with Gasteiger partial charge in [-0.2, -0.15) is 0 Å². The standard InChI is InChI=1S/C27H52N2O9Si/c1-4-35-39(36-5-2,37-6-3)24-12-16-28-26(30)15-18-32-20-22-34-23-21-33-19-17-29-27(31)38-25-13-10-8-7-9-11-14-25/h7-8,25H,4-6,9-24H2,1-3H3,(H,28,30)(H,29,31). The Balaban J connectivity index is 1.92. The summed E-state index contributed by atoms with van der Waals surface area (Å²) in [6.45, 7) is 10.8. The van der Waals surface area contributed by atoms with Crippen molar-refractivity contribution in [3.63, 3.8) is 0 Å². The highest BCUT2D eigenvalue weighted by atomic mass is 28.4. The molecule has 228 valence electrons. The molecular weight excluding hydrogens is 524 g/mol. The maximum atomic E-state index is 12.0. The van der Waals surface area contributed by atoms with Gasteiger partial charge in [-0.1, -0.05) is 12.2 Å². The third-order valence-electron chi connectivity index (χ3n) is 5.80. The molecule has 11 nitrogen and oxygen atoms in total. The van der Waals surface area contributed by atoms with E-state index in [0.717, 1.165) is 38.5 Å². The second-order valence-electron chi connectivity index (χ2n) is 8.96. The highest BCUT2D eigenvalue weighted by molar-refractivity contribution is 6.60. The highest BCUT2D eigenvalue weighted by Crippen LogP contribution is 2.18. The SMILES string of the molecule is CCO[Si](CCCNC(=O)CCOCCOCCOCCNC(=O)OC1CCC=CCCC1)(OCC)OCC. The predicted octanol–water partition coefficient (Wildman–Crippen LogP) is 3.60. The molecule has 0 aromatic heterocycles. The summed E-state index contributed by atoms with van der Waals surface area (Å²) in [5, 5.41) is 5.63. The van der Waals surface area contributed by atoms with Gasteiger partial charge in [-0.3, -0.25) is 4.79 Å². The maximum Gasteiger partial charge on any atom is 0.500 e. The van der Waals surface area contributed by atoms with Crippen LogP contribution in [0.2, 0.25) is 6.04 Å². The van der Waals surface area contributed by atoms with Gasteiger partial charge in [0.1, 0.15) is 6.10 Å². The summed E-state index contributed by atoms with van der Waals surface area (Å²) in [5.74, 6) is -0.0554. The van der Waals surface area contributed by atoms with Crippen LogP contribution in [0.25, 0.3) is 0 Å². The number of rotatable bonds is 23. The lowest BCUT2D eigenvalue weighted by atomic mass is 10.0. The van der Waals surface area contributed by atoms with Crippen LogP contribution in [0, 0.1) is 0 Å². The van der Waals surface area contributed by atoms with E-state index in [4.69, 9.17) is 32.2 Å². The zero-order chi connectivity index (χ0) is 28.4. The molecule has 0 aromatic rings. The van der Waals surface area contributed by atoms with Crippen LogP contribution in [0.5, 0.6) is 0 Å². The summed E-state index contributed by atoms with van der Waals surface area (Å²) >= 11 is 0. The number of allylic oxidation sites excluding steroid dienone is 2. The average Bonchev–Trinajstić information content (AvgIpc) is 2.89. The van der Waals surface area contributed by atoms with E-state index in [2.05, 4.69) is 22.8 Å². The molecule has 0 radical (unpaired) electrons. The molecule has 1 atom stereocenters. The number of ether oxygens (including phenoxy) is 4. The number of hydrogen-bond donors (Lipinski definition) is 2. The number of carbonyl (C=O) groups is 2. The van der Waals surface area contributed by atoms with Gasteiger partial charge in [0.25, 0.3) is 0 Å². The Morgan fingerprint density at radius 2 is 1.38 bits per heavy atom. The van der Waals surface area contributed by atoms with Gasteiger partial charge < -0.3 is 42.9 Å². The molecule has 2 amide bonds. The van der Waals surface area contributed by atoms with Crippen LogP contribution in [-0.4, -0.2) is 99.5 Å². The molecule has 0 fully saturated rings. The van der Waals surface area contributed by atoms with Gasteiger partial charge in [-0.05, 0) is 59.3 Å². The van der Waals surface area contributed by atoms with Crippen molar-refractivity contribution in [2.24, 2.45) is 0 Å². The van der Waals surface area contributed by atoms with E-state index in [0.29, 0.717) is 85.0 Å². The van der Waals surface area contributed by atoms with Crippen LogP contribution < -0.4 is 10.6 Å². The topological polar surface area (TPSA) is 123 Å². The largest absolute Gasteiger partial charge is 0.500 e. The summed E-state index contributed by atoms with van der Waals surface area (Å²) in [5.41, 5.74) is 0. The first-order chi connectivity index (χ1) is 19.0. The van der Waals surface area contributed by atoms with Crippen LogP contribution in [0.1, 0.15) is 65.7 Å². The van der Waals surface area contributed by atoms with Crippen molar-refractivity contribution in [2.75, 3.05) is 72.6 Å². The van der Waals surface area contributed by atoms with Gasteiger partial charge in [0.2, 0.25) is 5.91 Å². The normalized spacial score (nSPS) is 15.9. The summed E-state index contributed by atoms with van der Waals surface area (Å²) < 4.78 is 39.3. The molecule has 0 saturated carbocycles. The molecule has 1 aliphatic rings. The molecular formula is C27H52N2O9Si. The lowest BCUT2D eigenvalue weighted by Crippen LogP contribution is -2.46. The summed E-state index contributed by atoms with van der Waals surface area (Å²) in [6, 6.07) is 0.669. The summed E-state index contributed by atoms with van der Waals surface area (Å²) in [7, 11) is -2.66. The highest BCUT2D eigenvalue weighted by Gasteiger charge is 2.39. The van der Waals surface area contributed by atoms with Crippen molar-refractivity contribution >= 4 is 20.8 Å². The van der Waals surface area contributed by atoms with Crippen LogP contribution in [0.15, 0.2) is 12.2 Å². The Labute approximate surface area is 236 Å². The number of amides is 2. The Bertz CT molecular complexity index is 638. The fourth-order valence-electron chi connectivity index (χ4n) is 3.99. The minimum Gasteiger partial charge on any atom is -0.446 e. The van der Waals surface area contributed by atoms with Gasteiger partial charge in [0.05, 0.1) is 39.6 Å². The van der Waals surface area contributed by atoms with Crippen molar-refractivity contribution in [3.05, 3.63) is 12.2 Å². The van der Waals surface area contributed by atoms with Gasteiger partial charge in [-0.25, -0.2) is 4.79 Å². The van der Waals surface area contributed by atoms with E-state index in [-0.39, 0.29) is 18.1 Å². The van der Waals surface area contributed by atoms with Crippen molar-refractivity contribution in [3.8, 4) is 0 Å². The Morgan fingerprint density at radius 3 is 2.05 bits per heavy atom. The molecule has 1 rings (SSSR count). The van der Waals surface area contributed by atoms with Crippen LogP contribution in [0.4, 0.5) is 4.79 Å². The first-order valence-electron chi connectivity index (χ1n) is 14.6. The Morgan fingerprint density at radius 1 is 0.769 bits per heavy atom. The van der Waals surface area contributed by atoms with Crippen molar-refractivity contribution in [1.29, 1.82) is 0 Å². The molecule has 1 aliphatic carbocycles.